The minimum Gasteiger partial charge on any atom is -0.481 e. The predicted molar refractivity (Wildman–Crippen MR) is 136 cm³/mol. The average molecular weight is 604 g/mol. The number of carboxylic acid groups (broad SMARTS) is 1. The third-order valence-electron chi connectivity index (χ3n) is 6.46. The Kier molecular flexibility index (Phi) is 7.72. The van der Waals surface area contributed by atoms with Crippen LogP contribution in [-0.2, 0) is 40.0 Å². The highest BCUT2D eigenvalue weighted by Crippen LogP contribution is 2.41. The minimum absolute atomic E-state index is 0.00964. The van der Waals surface area contributed by atoms with E-state index in [0.717, 1.165) is 28.6 Å². The molecule has 0 radical (unpaired) electrons. The molecule has 0 fully saturated rings. The van der Waals surface area contributed by atoms with Crippen LogP contribution in [0.15, 0.2) is 72.1 Å². The number of nitrogens with zero attached hydrogens (tertiary/aromatic N) is 1. The van der Waals surface area contributed by atoms with Crippen molar-refractivity contribution < 1.29 is 44.7 Å². The van der Waals surface area contributed by atoms with Gasteiger partial charge in [-0.15, -0.1) is 0 Å². The molecule has 5 nitrogen and oxygen atoms in total. The average Bonchev–Trinajstić information content (AvgIpc) is 2.86. The van der Waals surface area contributed by atoms with E-state index in [2.05, 4.69) is 6.58 Å². The molecule has 0 aliphatic carbocycles. The zero-order valence-electron chi connectivity index (χ0n) is 20.4. The lowest BCUT2D eigenvalue weighted by molar-refractivity contribution is -0.141. The van der Waals surface area contributed by atoms with Crippen LogP contribution in [0.2, 0.25) is 5.02 Å². The van der Waals surface area contributed by atoms with Crippen molar-refractivity contribution in [3.8, 4) is 0 Å². The van der Waals surface area contributed by atoms with Gasteiger partial charge in [-0.05, 0) is 65.9 Å². The highest BCUT2D eigenvalue weighted by atomic mass is 35.5. The second kappa shape index (κ2) is 10.5. The summed E-state index contributed by atoms with van der Waals surface area (Å²) in [4.78, 5) is 11.1. The summed E-state index contributed by atoms with van der Waals surface area (Å²) in [6.45, 7) is 3.19. The summed E-state index contributed by atoms with van der Waals surface area (Å²) in [6.07, 6.45) is -9.79. The van der Waals surface area contributed by atoms with Crippen LogP contribution in [-0.4, -0.2) is 26.0 Å². The largest absolute Gasteiger partial charge is 0.481 e. The molecule has 0 saturated heterocycles. The van der Waals surface area contributed by atoms with E-state index >= 15 is 0 Å². The van der Waals surface area contributed by atoms with Gasteiger partial charge in [0.15, 0.2) is 0 Å². The maximum atomic E-state index is 13.6. The molecule has 212 valence electrons. The fraction of sp³-hybridized carbons (Fsp3) is 0.222. The van der Waals surface area contributed by atoms with Crippen molar-refractivity contribution in [2.24, 2.45) is 5.92 Å². The highest BCUT2D eigenvalue weighted by Gasteiger charge is 2.38. The molecule has 13 heteroatoms. The molecule has 0 bridgehead atoms. The van der Waals surface area contributed by atoms with Gasteiger partial charge in [-0.1, -0.05) is 42.4 Å². The van der Waals surface area contributed by atoms with Crippen molar-refractivity contribution in [1.82, 2.24) is 0 Å². The molecular weight excluding hydrogens is 584 g/mol. The summed E-state index contributed by atoms with van der Waals surface area (Å²) < 4.78 is 108. The van der Waals surface area contributed by atoms with Gasteiger partial charge in [-0.2, -0.15) is 26.3 Å². The number of sulfonamides is 1. The number of aliphatic carboxylic acids is 1. The Bertz CT molecular complexity index is 1600. The van der Waals surface area contributed by atoms with E-state index < -0.39 is 56.8 Å². The maximum Gasteiger partial charge on any atom is 0.417 e. The van der Waals surface area contributed by atoms with Gasteiger partial charge in [-0.25, -0.2) is 8.42 Å². The van der Waals surface area contributed by atoms with Gasteiger partial charge in [0.05, 0.1) is 27.6 Å². The molecule has 0 saturated carbocycles. The molecule has 3 aromatic rings. The van der Waals surface area contributed by atoms with Crippen molar-refractivity contribution in [3.05, 3.63) is 100 Å². The first-order valence-electron chi connectivity index (χ1n) is 11.6. The number of carbonyl (C=O) groups is 1. The molecule has 0 aromatic heterocycles. The summed E-state index contributed by atoms with van der Waals surface area (Å²) in [7, 11) is -4.68. The van der Waals surface area contributed by atoms with Crippen LogP contribution < -0.4 is 4.31 Å². The first-order valence-corrected chi connectivity index (χ1v) is 13.4. The Balaban J connectivity index is 1.77. The minimum atomic E-state index is -4.82. The summed E-state index contributed by atoms with van der Waals surface area (Å²) in [5.41, 5.74) is -1.91. The molecule has 3 aromatic carbocycles. The van der Waals surface area contributed by atoms with Crippen LogP contribution in [0.1, 0.15) is 27.8 Å². The van der Waals surface area contributed by atoms with Gasteiger partial charge >= 0.3 is 18.3 Å². The quantitative estimate of drug-likeness (QED) is 0.306. The molecule has 1 N–H and O–H groups in total. The Morgan fingerprint density at radius 1 is 1.00 bits per heavy atom. The smallest absolute Gasteiger partial charge is 0.417 e. The fourth-order valence-electron chi connectivity index (χ4n) is 4.56. The monoisotopic (exact) mass is 603 g/mol. The molecule has 1 aliphatic heterocycles. The number of fused-ring (bicyclic) bond motifs is 1. The Hall–Kier alpha value is -3.51. The first-order chi connectivity index (χ1) is 18.5. The van der Waals surface area contributed by atoms with Gasteiger partial charge in [0, 0.05) is 17.1 Å². The Morgan fingerprint density at radius 3 is 2.30 bits per heavy atom. The third kappa shape index (κ3) is 5.83. The maximum absolute atomic E-state index is 13.6. The second-order valence-corrected chi connectivity index (χ2v) is 11.5. The topological polar surface area (TPSA) is 74.7 Å². The van der Waals surface area contributed by atoms with E-state index in [1.54, 1.807) is 0 Å². The van der Waals surface area contributed by atoms with E-state index in [4.69, 9.17) is 11.6 Å². The summed E-state index contributed by atoms with van der Waals surface area (Å²) >= 11 is 6.07. The number of rotatable bonds is 6. The number of benzene rings is 3. The van der Waals surface area contributed by atoms with E-state index in [9.17, 15) is 44.7 Å². The zero-order chi connectivity index (χ0) is 29.6. The van der Waals surface area contributed by atoms with Gasteiger partial charge in [-0.3, -0.25) is 9.10 Å². The van der Waals surface area contributed by atoms with Crippen LogP contribution in [0.5, 0.6) is 0 Å². The summed E-state index contributed by atoms with van der Waals surface area (Å²) in [5, 5.41) is 9.42. The van der Waals surface area contributed by atoms with Crippen molar-refractivity contribution >= 4 is 38.9 Å². The standard InChI is InChI=1S/C27H20ClF6NO4S/c1-15(24-21(27(32,33)34)6-3-7-22(24)28)10-16-8-9-17-12-18(25(36)37)14-35(23(17)11-16)40(38,39)20-5-2-4-19(13-20)26(29,30)31/h2-9,11,13,18H,1,10,12,14H2,(H,36,37). The molecule has 1 unspecified atom stereocenters. The molecule has 0 amide bonds. The SMILES string of the molecule is C=C(Cc1ccc2c(c1)N(S(=O)(=O)c1cccc(C(F)(F)F)c1)CC(C(=O)O)C2)c1c(Cl)cccc1C(F)(F)F. The van der Waals surface area contributed by atoms with Crippen molar-refractivity contribution in [2.75, 3.05) is 10.8 Å². The molecule has 4 rings (SSSR count). The van der Waals surface area contributed by atoms with E-state index in [1.807, 2.05) is 0 Å². The molecular formula is C27H20ClF6NO4S. The third-order valence-corrected chi connectivity index (χ3v) is 8.55. The molecule has 40 heavy (non-hydrogen) atoms. The van der Waals surface area contributed by atoms with Crippen LogP contribution in [0.3, 0.4) is 0 Å². The lowest BCUT2D eigenvalue weighted by Crippen LogP contribution is -2.42. The van der Waals surface area contributed by atoms with E-state index in [1.165, 1.54) is 24.3 Å². The van der Waals surface area contributed by atoms with Crippen LogP contribution in [0.4, 0.5) is 32.0 Å². The lowest BCUT2D eigenvalue weighted by Gasteiger charge is -2.34. The number of hydrogen-bond donors (Lipinski definition) is 1. The van der Waals surface area contributed by atoms with Crippen molar-refractivity contribution in [1.29, 1.82) is 0 Å². The molecule has 1 heterocycles. The van der Waals surface area contributed by atoms with Gasteiger partial charge < -0.3 is 5.11 Å². The van der Waals surface area contributed by atoms with Crippen LogP contribution in [0, 0.1) is 5.92 Å². The number of alkyl halides is 6. The number of carboxylic acids is 1. The zero-order valence-corrected chi connectivity index (χ0v) is 21.9. The lowest BCUT2D eigenvalue weighted by atomic mass is 9.90. The molecule has 1 atom stereocenters. The molecule has 1 aliphatic rings. The molecule has 0 spiro atoms. The van der Waals surface area contributed by atoms with Gasteiger partial charge in [0.25, 0.3) is 10.0 Å². The van der Waals surface area contributed by atoms with Crippen molar-refractivity contribution in [3.63, 3.8) is 0 Å². The number of halogens is 7. The van der Waals surface area contributed by atoms with Crippen LogP contribution >= 0.6 is 11.6 Å². The fourth-order valence-corrected chi connectivity index (χ4v) is 6.45. The van der Waals surface area contributed by atoms with E-state index in [-0.39, 0.29) is 40.3 Å². The van der Waals surface area contributed by atoms with Crippen LogP contribution in [0.25, 0.3) is 5.57 Å². The Morgan fingerprint density at radius 2 is 1.68 bits per heavy atom. The van der Waals surface area contributed by atoms with Gasteiger partial charge in [0.2, 0.25) is 0 Å². The second-order valence-electron chi connectivity index (χ2n) is 9.20. The first kappa shape index (κ1) is 29.5. The predicted octanol–water partition coefficient (Wildman–Crippen LogP) is 7.09. The van der Waals surface area contributed by atoms with Gasteiger partial charge in [0.1, 0.15) is 0 Å². The highest BCUT2D eigenvalue weighted by molar-refractivity contribution is 7.92. The Labute approximate surface area is 230 Å². The normalized spacial score (nSPS) is 16.0. The summed E-state index contributed by atoms with van der Waals surface area (Å²) in [5.74, 6) is -2.49. The number of hydrogen-bond acceptors (Lipinski definition) is 3. The summed E-state index contributed by atoms with van der Waals surface area (Å²) in [6, 6.07) is 10.6. The number of allylic oxidation sites excluding steroid dienone is 1. The van der Waals surface area contributed by atoms with E-state index in [0.29, 0.717) is 17.7 Å². The number of anilines is 1. The van der Waals surface area contributed by atoms with Crippen molar-refractivity contribution in [2.45, 2.75) is 30.1 Å².